The number of guanidine groups is 1. The van der Waals surface area contributed by atoms with E-state index in [1.54, 1.807) is 7.11 Å². The Balaban J connectivity index is 1.53. The van der Waals surface area contributed by atoms with Crippen LogP contribution in [0.2, 0.25) is 0 Å². The van der Waals surface area contributed by atoms with Gasteiger partial charge in [0.05, 0.1) is 24.0 Å². The third-order valence-electron chi connectivity index (χ3n) is 4.67. The zero-order chi connectivity index (χ0) is 17.5. The summed E-state index contributed by atoms with van der Waals surface area (Å²) in [5, 5.41) is 3.43. The van der Waals surface area contributed by atoms with Crippen molar-refractivity contribution in [1.82, 2.24) is 19.8 Å². The Hall–Kier alpha value is -2.08. The summed E-state index contributed by atoms with van der Waals surface area (Å²) in [7, 11) is 1.78. The third kappa shape index (κ3) is 4.51. The molecule has 0 aliphatic carbocycles. The van der Waals surface area contributed by atoms with E-state index in [1.807, 2.05) is 12.4 Å². The molecule has 6 heteroatoms. The smallest absolute Gasteiger partial charge is 0.193 e. The first kappa shape index (κ1) is 17.7. The first-order chi connectivity index (χ1) is 12.3. The Morgan fingerprint density at radius 3 is 3.12 bits per heavy atom. The molecule has 1 atom stereocenters. The van der Waals surface area contributed by atoms with Crippen molar-refractivity contribution in [1.29, 1.82) is 0 Å². The molecular weight excluding hydrogens is 314 g/mol. The molecule has 1 saturated heterocycles. The minimum Gasteiger partial charge on any atom is -0.384 e. The SMILES string of the molecule is CCNC(=NCCCn1cnc2ccccc21)N1CCC(COC)C1. The molecule has 0 saturated carbocycles. The van der Waals surface area contributed by atoms with E-state index in [2.05, 4.69) is 44.9 Å². The van der Waals surface area contributed by atoms with Crippen molar-refractivity contribution >= 4 is 17.0 Å². The maximum atomic E-state index is 5.29. The second-order valence-corrected chi connectivity index (χ2v) is 6.57. The summed E-state index contributed by atoms with van der Waals surface area (Å²) >= 11 is 0. The lowest BCUT2D eigenvalue weighted by Crippen LogP contribution is -2.40. The number of nitrogens with zero attached hydrogens (tertiary/aromatic N) is 4. The molecule has 3 rings (SSSR count). The van der Waals surface area contributed by atoms with Crippen LogP contribution in [0, 0.1) is 5.92 Å². The van der Waals surface area contributed by atoms with Crippen LogP contribution in [-0.4, -0.2) is 60.3 Å². The largest absolute Gasteiger partial charge is 0.384 e. The van der Waals surface area contributed by atoms with Crippen LogP contribution < -0.4 is 5.32 Å². The van der Waals surface area contributed by atoms with E-state index in [-0.39, 0.29) is 0 Å². The highest BCUT2D eigenvalue weighted by atomic mass is 16.5. The molecule has 1 unspecified atom stereocenters. The van der Waals surface area contributed by atoms with Gasteiger partial charge >= 0.3 is 0 Å². The summed E-state index contributed by atoms with van der Waals surface area (Å²) in [6.07, 6.45) is 4.11. The van der Waals surface area contributed by atoms with Gasteiger partial charge in [-0.1, -0.05) is 12.1 Å². The monoisotopic (exact) mass is 343 g/mol. The Morgan fingerprint density at radius 2 is 2.28 bits per heavy atom. The van der Waals surface area contributed by atoms with Gasteiger partial charge < -0.3 is 19.5 Å². The average molecular weight is 343 g/mol. The molecule has 2 aromatic rings. The summed E-state index contributed by atoms with van der Waals surface area (Å²) in [4.78, 5) is 11.6. The number of fused-ring (bicyclic) bond motifs is 1. The van der Waals surface area contributed by atoms with Gasteiger partial charge in [0, 0.05) is 45.8 Å². The van der Waals surface area contributed by atoms with Crippen LogP contribution in [-0.2, 0) is 11.3 Å². The number of likely N-dealkylation sites (tertiary alicyclic amines) is 1. The van der Waals surface area contributed by atoms with E-state index in [4.69, 9.17) is 9.73 Å². The number of benzene rings is 1. The summed E-state index contributed by atoms with van der Waals surface area (Å²) < 4.78 is 7.50. The number of ether oxygens (including phenoxy) is 1. The number of hydrogen-bond acceptors (Lipinski definition) is 3. The van der Waals surface area contributed by atoms with Crippen LogP contribution in [0.1, 0.15) is 19.8 Å². The molecule has 0 amide bonds. The van der Waals surface area contributed by atoms with Crippen LogP contribution in [0.5, 0.6) is 0 Å². The van der Waals surface area contributed by atoms with Gasteiger partial charge in [0.25, 0.3) is 0 Å². The first-order valence-electron chi connectivity index (χ1n) is 9.24. The molecule has 1 N–H and O–H groups in total. The lowest BCUT2D eigenvalue weighted by atomic mass is 10.1. The molecule has 1 aromatic carbocycles. The van der Waals surface area contributed by atoms with Crippen LogP contribution in [0.3, 0.4) is 0 Å². The molecule has 25 heavy (non-hydrogen) atoms. The van der Waals surface area contributed by atoms with Crippen molar-refractivity contribution in [2.75, 3.05) is 39.9 Å². The fourth-order valence-corrected chi connectivity index (χ4v) is 3.44. The Morgan fingerprint density at radius 1 is 1.40 bits per heavy atom. The minimum atomic E-state index is 0.617. The van der Waals surface area contributed by atoms with Gasteiger partial charge in [-0.25, -0.2) is 4.98 Å². The maximum absolute atomic E-state index is 5.29. The van der Waals surface area contributed by atoms with Gasteiger partial charge in [-0.2, -0.15) is 0 Å². The summed E-state index contributed by atoms with van der Waals surface area (Å²) in [6, 6.07) is 8.26. The highest BCUT2D eigenvalue weighted by Gasteiger charge is 2.24. The van der Waals surface area contributed by atoms with Crippen LogP contribution in [0.25, 0.3) is 11.0 Å². The Bertz CT molecular complexity index is 696. The average Bonchev–Trinajstić information content (AvgIpc) is 3.25. The highest BCUT2D eigenvalue weighted by molar-refractivity contribution is 5.80. The van der Waals surface area contributed by atoms with Gasteiger partial charge in [-0.15, -0.1) is 0 Å². The molecule has 0 spiro atoms. The summed E-state index contributed by atoms with van der Waals surface area (Å²) in [5.41, 5.74) is 2.25. The zero-order valence-electron chi connectivity index (χ0n) is 15.3. The molecule has 1 aliphatic rings. The van der Waals surface area contributed by atoms with E-state index in [0.717, 1.165) is 57.2 Å². The van der Waals surface area contributed by atoms with E-state index < -0.39 is 0 Å². The molecule has 136 valence electrons. The number of aliphatic imine (C=N–C) groups is 1. The number of imidazole rings is 1. The highest BCUT2D eigenvalue weighted by Crippen LogP contribution is 2.16. The van der Waals surface area contributed by atoms with Crippen molar-refractivity contribution < 1.29 is 4.74 Å². The molecule has 0 bridgehead atoms. The second-order valence-electron chi connectivity index (χ2n) is 6.57. The maximum Gasteiger partial charge on any atom is 0.193 e. The molecule has 1 aromatic heterocycles. The van der Waals surface area contributed by atoms with Crippen molar-refractivity contribution in [3.63, 3.8) is 0 Å². The van der Waals surface area contributed by atoms with Crippen LogP contribution in [0.15, 0.2) is 35.6 Å². The summed E-state index contributed by atoms with van der Waals surface area (Å²) in [5.74, 6) is 1.66. The molecular formula is C19H29N5O. The number of para-hydroxylation sites is 2. The number of aromatic nitrogens is 2. The second kappa shape index (κ2) is 8.85. The quantitative estimate of drug-likeness (QED) is 0.476. The molecule has 1 aliphatic heterocycles. The zero-order valence-corrected chi connectivity index (χ0v) is 15.3. The van der Waals surface area contributed by atoms with E-state index in [9.17, 15) is 0 Å². The fourth-order valence-electron chi connectivity index (χ4n) is 3.44. The number of hydrogen-bond donors (Lipinski definition) is 1. The summed E-state index contributed by atoms with van der Waals surface area (Å²) in [6.45, 7) is 7.71. The number of aryl methyl sites for hydroxylation is 1. The third-order valence-corrected chi connectivity index (χ3v) is 4.67. The molecule has 6 nitrogen and oxygen atoms in total. The van der Waals surface area contributed by atoms with Gasteiger partial charge in [-0.3, -0.25) is 4.99 Å². The lowest BCUT2D eigenvalue weighted by molar-refractivity contribution is 0.157. The van der Waals surface area contributed by atoms with Crippen LogP contribution in [0.4, 0.5) is 0 Å². The van der Waals surface area contributed by atoms with Crippen molar-refractivity contribution in [3.8, 4) is 0 Å². The van der Waals surface area contributed by atoms with Gasteiger partial charge in [0.15, 0.2) is 5.96 Å². The Labute approximate surface area is 149 Å². The fraction of sp³-hybridized carbons (Fsp3) is 0.579. The lowest BCUT2D eigenvalue weighted by Gasteiger charge is -2.21. The van der Waals surface area contributed by atoms with Crippen LogP contribution >= 0.6 is 0 Å². The standard InChI is InChI=1S/C19H29N5O/c1-3-20-19(23-12-9-16(13-23)14-25-2)21-10-6-11-24-15-22-17-7-4-5-8-18(17)24/h4-5,7-8,15-16H,3,6,9-14H2,1-2H3,(H,20,21). The number of rotatable bonds is 7. The molecule has 2 heterocycles. The minimum absolute atomic E-state index is 0.617. The van der Waals surface area contributed by atoms with E-state index >= 15 is 0 Å². The Kier molecular flexibility index (Phi) is 6.28. The number of methoxy groups -OCH3 is 1. The van der Waals surface area contributed by atoms with E-state index in [1.165, 1.54) is 11.9 Å². The van der Waals surface area contributed by atoms with E-state index in [0.29, 0.717) is 5.92 Å². The van der Waals surface area contributed by atoms with Crippen molar-refractivity contribution in [2.45, 2.75) is 26.3 Å². The number of nitrogens with one attached hydrogen (secondary N) is 1. The molecule has 1 fully saturated rings. The molecule has 0 radical (unpaired) electrons. The van der Waals surface area contributed by atoms with Crippen molar-refractivity contribution in [3.05, 3.63) is 30.6 Å². The first-order valence-corrected chi connectivity index (χ1v) is 9.24. The van der Waals surface area contributed by atoms with Gasteiger partial charge in [0.2, 0.25) is 0 Å². The normalized spacial score (nSPS) is 18.2. The predicted octanol–water partition coefficient (Wildman–Crippen LogP) is 2.36. The predicted molar refractivity (Wildman–Crippen MR) is 102 cm³/mol. The van der Waals surface area contributed by atoms with Gasteiger partial charge in [0.1, 0.15) is 0 Å². The van der Waals surface area contributed by atoms with Gasteiger partial charge in [-0.05, 0) is 31.9 Å². The van der Waals surface area contributed by atoms with Crippen molar-refractivity contribution in [2.24, 2.45) is 10.9 Å². The topological polar surface area (TPSA) is 54.7 Å².